The molecule has 1 N–H and O–H groups in total. The van der Waals surface area contributed by atoms with E-state index in [1.54, 1.807) is 18.4 Å². The number of rotatable bonds is 8. The summed E-state index contributed by atoms with van der Waals surface area (Å²) in [6, 6.07) is 0. The molecule has 1 aromatic heterocycles. The number of ether oxygens (including phenoxy) is 2. The van der Waals surface area contributed by atoms with Crippen molar-refractivity contribution < 1.29 is 9.47 Å². The number of hydrogen-bond acceptors (Lipinski definition) is 5. The minimum atomic E-state index is 0.127. The van der Waals surface area contributed by atoms with E-state index >= 15 is 0 Å². The Balaban J connectivity index is 2.22. The maximum absolute atomic E-state index is 5.52. The second-order valence-corrected chi connectivity index (χ2v) is 6.18. The molecule has 0 unspecified atom stereocenters. The van der Waals surface area contributed by atoms with Gasteiger partial charge in [0.2, 0.25) is 0 Å². The van der Waals surface area contributed by atoms with E-state index in [1.165, 1.54) is 0 Å². The Morgan fingerprint density at radius 2 is 2.11 bits per heavy atom. The molecule has 0 amide bonds. The third-order valence-corrected chi connectivity index (χ3v) is 3.15. The average Bonchev–Trinajstić information content (AvgIpc) is 2.73. The molecule has 1 aromatic rings. The molecule has 1 heterocycles. The molecule has 0 radical (unpaired) electrons. The summed E-state index contributed by atoms with van der Waals surface area (Å²) in [5.41, 5.74) is 1.14. The predicted octanol–water partition coefficient (Wildman–Crippen LogP) is 2.58. The summed E-state index contributed by atoms with van der Waals surface area (Å²) in [6.07, 6.45) is 0.930. The molecule has 104 valence electrons. The Hall–Kier alpha value is -0.490. The molecule has 0 saturated heterocycles. The smallest absolute Gasteiger partial charge is 0.107 e. The monoisotopic (exact) mass is 272 g/mol. The lowest BCUT2D eigenvalue weighted by molar-refractivity contribution is 0.0912. The van der Waals surface area contributed by atoms with E-state index < -0.39 is 0 Å². The lowest BCUT2D eigenvalue weighted by Crippen LogP contribution is -2.35. The lowest BCUT2D eigenvalue weighted by atomic mass is 10.1. The van der Waals surface area contributed by atoms with Crippen LogP contribution in [0.5, 0.6) is 0 Å². The lowest BCUT2D eigenvalue weighted by Gasteiger charge is -2.19. The van der Waals surface area contributed by atoms with Crippen molar-refractivity contribution in [3.05, 3.63) is 16.1 Å². The zero-order chi connectivity index (χ0) is 13.4. The normalized spacial score (nSPS) is 12.0. The second-order valence-electron chi connectivity index (χ2n) is 5.24. The van der Waals surface area contributed by atoms with Crippen LogP contribution in [0.1, 0.15) is 37.9 Å². The summed E-state index contributed by atoms with van der Waals surface area (Å²) in [6.45, 7) is 9.34. The van der Waals surface area contributed by atoms with E-state index in [0.29, 0.717) is 6.61 Å². The number of nitrogens with zero attached hydrogens (tertiary/aromatic N) is 1. The van der Waals surface area contributed by atoms with Crippen molar-refractivity contribution in [3.63, 3.8) is 0 Å². The predicted molar refractivity (Wildman–Crippen MR) is 74.9 cm³/mol. The fourth-order valence-corrected chi connectivity index (χ4v) is 2.04. The van der Waals surface area contributed by atoms with Crippen molar-refractivity contribution >= 4 is 11.3 Å². The molecular weight excluding hydrogens is 248 g/mol. The van der Waals surface area contributed by atoms with Crippen molar-refractivity contribution in [1.29, 1.82) is 0 Å². The highest BCUT2D eigenvalue weighted by atomic mass is 32.1. The molecule has 4 nitrogen and oxygen atoms in total. The van der Waals surface area contributed by atoms with Crippen LogP contribution in [0.25, 0.3) is 0 Å². The SMILES string of the molecule is COCCCOCc1csc(CNC(C)(C)C)n1. The van der Waals surface area contributed by atoms with E-state index in [2.05, 4.69) is 36.5 Å². The van der Waals surface area contributed by atoms with E-state index in [0.717, 1.165) is 36.9 Å². The van der Waals surface area contributed by atoms with Gasteiger partial charge in [0.05, 0.1) is 12.3 Å². The van der Waals surface area contributed by atoms with E-state index in [1.807, 2.05) is 0 Å². The van der Waals surface area contributed by atoms with E-state index in [4.69, 9.17) is 9.47 Å². The Bertz CT molecular complexity index is 334. The number of nitrogens with one attached hydrogen (secondary N) is 1. The minimum Gasteiger partial charge on any atom is -0.385 e. The van der Waals surface area contributed by atoms with Gasteiger partial charge >= 0.3 is 0 Å². The molecular formula is C13H24N2O2S. The fraction of sp³-hybridized carbons (Fsp3) is 0.769. The summed E-state index contributed by atoms with van der Waals surface area (Å²) < 4.78 is 10.5. The van der Waals surface area contributed by atoms with Crippen molar-refractivity contribution in [2.24, 2.45) is 0 Å². The first-order valence-corrected chi connectivity index (χ1v) is 7.14. The largest absolute Gasteiger partial charge is 0.385 e. The summed E-state index contributed by atoms with van der Waals surface area (Å²) in [7, 11) is 1.70. The molecule has 0 saturated carbocycles. The maximum atomic E-state index is 5.52. The number of hydrogen-bond donors (Lipinski definition) is 1. The van der Waals surface area contributed by atoms with E-state index in [9.17, 15) is 0 Å². The van der Waals surface area contributed by atoms with Crippen LogP contribution in [0, 0.1) is 0 Å². The Kier molecular flexibility index (Phi) is 6.78. The van der Waals surface area contributed by atoms with Gasteiger partial charge in [-0.1, -0.05) is 0 Å². The molecule has 0 aliphatic rings. The van der Waals surface area contributed by atoms with Crippen LogP contribution in [0.2, 0.25) is 0 Å². The topological polar surface area (TPSA) is 43.4 Å². The van der Waals surface area contributed by atoms with Crippen molar-refractivity contribution in [2.45, 2.75) is 45.9 Å². The Morgan fingerprint density at radius 3 is 2.78 bits per heavy atom. The summed E-state index contributed by atoms with van der Waals surface area (Å²) in [5, 5.41) is 6.60. The molecule has 0 aliphatic carbocycles. The highest BCUT2D eigenvalue weighted by Crippen LogP contribution is 2.12. The molecule has 0 aliphatic heterocycles. The van der Waals surface area contributed by atoms with Crippen LogP contribution in [0.4, 0.5) is 0 Å². The first-order valence-electron chi connectivity index (χ1n) is 6.26. The van der Waals surface area contributed by atoms with E-state index in [-0.39, 0.29) is 5.54 Å². The van der Waals surface area contributed by atoms with Gasteiger partial charge in [-0.3, -0.25) is 0 Å². The molecule has 0 atom stereocenters. The molecule has 5 heteroatoms. The van der Waals surface area contributed by atoms with Gasteiger partial charge in [0, 0.05) is 37.8 Å². The molecule has 0 fully saturated rings. The highest BCUT2D eigenvalue weighted by Gasteiger charge is 2.10. The van der Waals surface area contributed by atoms with Crippen LogP contribution < -0.4 is 5.32 Å². The second kappa shape index (κ2) is 7.84. The molecule has 0 bridgehead atoms. The third-order valence-electron chi connectivity index (χ3n) is 2.26. The van der Waals surface area contributed by atoms with Crippen LogP contribution >= 0.6 is 11.3 Å². The standard InChI is InChI=1S/C13H24N2O2S/c1-13(2,3)14-8-12-15-11(10-18-12)9-17-7-5-6-16-4/h10,14H,5-9H2,1-4H3. The first kappa shape index (κ1) is 15.6. The van der Waals surface area contributed by atoms with Gasteiger partial charge in [0.15, 0.2) is 0 Å². The molecule has 0 spiro atoms. The molecule has 18 heavy (non-hydrogen) atoms. The number of aromatic nitrogens is 1. The average molecular weight is 272 g/mol. The Labute approximate surface area is 114 Å². The van der Waals surface area contributed by atoms with Crippen molar-refractivity contribution in [3.8, 4) is 0 Å². The molecule has 0 aromatic carbocycles. The summed E-state index contributed by atoms with van der Waals surface area (Å²) in [5.74, 6) is 0. The van der Waals surface area contributed by atoms with Crippen molar-refractivity contribution in [1.82, 2.24) is 10.3 Å². The fourth-order valence-electron chi connectivity index (χ4n) is 1.32. The van der Waals surface area contributed by atoms with Gasteiger partial charge in [0.1, 0.15) is 5.01 Å². The zero-order valence-electron chi connectivity index (χ0n) is 11.8. The van der Waals surface area contributed by atoms with Gasteiger partial charge in [0.25, 0.3) is 0 Å². The third kappa shape index (κ3) is 7.06. The van der Waals surface area contributed by atoms with Gasteiger partial charge in [-0.05, 0) is 27.2 Å². The van der Waals surface area contributed by atoms with Gasteiger partial charge in [-0.25, -0.2) is 4.98 Å². The van der Waals surface area contributed by atoms with Crippen LogP contribution in [0.15, 0.2) is 5.38 Å². The van der Waals surface area contributed by atoms with Crippen LogP contribution in [-0.2, 0) is 22.6 Å². The van der Waals surface area contributed by atoms with Crippen LogP contribution in [0.3, 0.4) is 0 Å². The minimum absolute atomic E-state index is 0.127. The van der Waals surface area contributed by atoms with Crippen molar-refractivity contribution in [2.75, 3.05) is 20.3 Å². The van der Waals surface area contributed by atoms with Gasteiger partial charge in [-0.15, -0.1) is 11.3 Å². The Morgan fingerprint density at radius 1 is 1.33 bits per heavy atom. The maximum Gasteiger partial charge on any atom is 0.107 e. The van der Waals surface area contributed by atoms with Crippen LogP contribution in [-0.4, -0.2) is 30.8 Å². The summed E-state index contributed by atoms with van der Waals surface area (Å²) in [4.78, 5) is 4.53. The highest BCUT2D eigenvalue weighted by molar-refractivity contribution is 7.09. The first-order chi connectivity index (χ1) is 8.51. The molecule has 1 rings (SSSR count). The quantitative estimate of drug-likeness (QED) is 0.739. The number of methoxy groups -OCH3 is 1. The zero-order valence-corrected chi connectivity index (χ0v) is 12.6. The van der Waals surface area contributed by atoms with Gasteiger partial charge < -0.3 is 14.8 Å². The number of thiazole rings is 1. The van der Waals surface area contributed by atoms with Gasteiger partial charge in [-0.2, -0.15) is 0 Å². The summed E-state index contributed by atoms with van der Waals surface area (Å²) >= 11 is 1.68.